The SMILES string of the molecule is CC1CC2=C(C=CCC=C2N2CCNC(C)C2)CN1. The lowest BCUT2D eigenvalue weighted by molar-refractivity contribution is 0.256. The van der Waals surface area contributed by atoms with Gasteiger partial charge >= 0.3 is 0 Å². The zero-order valence-corrected chi connectivity index (χ0v) is 12.1. The molecule has 1 saturated heterocycles. The van der Waals surface area contributed by atoms with Crippen molar-refractivity contribution in [2.75, 3.05) is 26.2 Å². The first-order valence-electron chi connectivity index (χ1n) is 7.55. The maximum atomic E-state index is 3.57. The third kappa shape index (κ3) is 2.77. The Morgan fingerprint density at radius 1 is 1.21 bits per heavy atom. The molecule has 0 saturated carbocycles. The van der Waals surface area contributed by atoms with E-state index < -0.39 is 0 Å². The first kappa shape index (κ1) is 12.9. The maximum Gasteiger partial charge on any atom is 0.0366 e. The van der Waals surface area contributed by atoms with Gasteiger partial charge in [-0.25, -0.2) is 0 Å². The van der Waals surface area contributed by atoms with E-state index in [-0.39, 0.29) is 0 Å². The van der Waals surface area contributed by atoms with Crippen LogP contribution in [0.5, 0.6) is 0 Å². The minimum absolute atomic E-state index is 0.592. The van der Waals surface area contributed by atoms with E-state index in [9.17, 15) is 0 Å². The van der Waals surface area contributed by atoms with E-state index in [2.05, 4.69) is 47.6 Å². The Bertz CT molecular complexity index is 433. The second kappa shape index (κ2) is 5.51. The van der Waals surface area contributed by atoms with Crippen LogP contribution in [-0.4, -0.2) is 43.2 Å². The van der Waals surface area contributed by atoms with Gasteiger partial charge in [-0.3, -0.25) is 0 Å². The summed E-state index contributed by atoms with van der Waals surface area (Å²) < 4.78 is 0. The zero-order valence-electron chi connectivity index (χ0n) is 12.1. The fourth-order valence-corrected chi connectivity index (χ4v) is 3.31. The molecule has 19 heavy (non-hydrogen) atoms. The molecule has 0 aromatic carbocycles. The number of allylic oxidation sites excluding steroid dienone is 3. The standard InChI is InChI=1S/C16H25N3/c1-12-9-15-14(10-18-12)5-3-4-6-16(15)19-8-7-17-13(2)11-19/h3,5-6,12-13,17-18H,4,7-11H2,1-2H3. The van der Waals surface area contributed by atoms with E-state index >= 15 is 0 Å². The molecule has 3 aliphatic rings. The van der Waals surface area contributed by atoms with Gasteiger partial charge in [0.05, 0.1) is 0 Å². The first-order chi connectivity index (χ1) is 9.24. The van der Waals surface area contributed by atoms with E-state index in [0.717, 1.165) is 39.0 Å². The number of piperazine rings is 1. The molecule has 1 fully saturated rings. The quantitative estimate of drug-likeness (QED) is 0.752. The molecule has 2 atom stereocenters. The molecule has 0 amide bonds. The van der Waals surface area contributed by atoms with Gasteiger partial charge in [-0.15, -0.1) is 0 Å². The van der Waals surface area contributed by atoms with Crippen LogP contribution in [0.1, 0.15) is 26.7 Å². The average molecular weight is 259 g/mol. The smallest absolute Gasteiger partial charge is 0.0366 e. The Labute approximate surface area is 116 Å². The summed E-state index contributed by atoms with van der Waals surface area (Å²) in [5.41, 5.74) is 4.57. The molecular formula is C16H25N3. The highest BCUT2D eigenvalue weighted by Gasteiger charge is 2.25. The van der Waals surface area contributed by atoms with Gasteiger partial charge in [-0.05, 0) is 37.8 Å². The van der Waals surface area contributed by atoms with Crippen molar-refractivity contribution in [2.45, 2.75) is 38.8 Å². The summed E-state index contributed by atoms with van der Waals surface area (Å²) in [5, 5.41) is 7.11. The number of hydrogen-bond donors (Lipinski definition) is 2. The molecule has 2 aliphatic heterocycles. The third-order valence-electron chi connectivity index (χ3n) is 4.32. The van der Waals surface area contributed by atoms with E-state index in [0.29, 0.717) is 12.1 Å². The minimum Gasteiger partial charge on any atom is -0.369 e. The molecule has 0 bridgehead atoms. The van der Waals surface area contributed by atoms with Crippen LogP contribution in [-0.2, 0) is 0 Å². The van der Waals surface area contributed by atoms with Crippen LogP contribution in [0.25, 0.3) is 0 Å². The molecule has 0 aromatic heterocycles. The van der Waals surface area contributed by atoms with Crippen LogP contribution in [0.15, 0.2) is 35.1 Å². The van der Waals surface area contributed by atoms with Gasteiger partial charge in [0.2, 0.25) is 0 Å². The molecule has 1 aliphatic carbocycles. The lowest BCUT2D eigenvalue weighted by Gasteiger charge is -2.38. The van der Waals surface area contributed by atoms with Crippen molar-refractivity contribution < 1.29 is 0 Å². The van der Waals surface area contributed by atoms with E-state index in [1.165, 1.54) is 11.3 Å². The summed E-state index contributed by atoms with van der Waals surface area (Å²) in [5.74, 6) is 0. The Balaban J connectivity index is 1.88. The Morgan fingerprint density at radius 3 is 2.95 bits per heavy atom. The third-order valence-corrected chi connectivity index (χ3v) is 4.32. The van der Waals surface area contributed by atoms with Crippen LogP contribution in [0.3, 0.4) is 0 Å². The van der Waals surface area contributed by atoms with Crippen molar-refractivity contribution in [1.82, 2.24) is 15.5 Å². The molecule has 3 nitrogen and oxygen atoms in total. The van der Waals surface area contributed by atoms with Crippen molar-refractivity contribution in [2.24, 2.45) is 0 Å². The highest BCUT2D eigenvalue weighted by atomic mass is 15.2. The van der Waals surface area contributed by atoms with Gasteiger partial charge in [-0.2, -0.15) is 0 Å². The summed E-state index contributed by atoms with van der Waals surface area (Å²) in [6, 6.07) is 1.18. The molecule has 0 radical (unpaired) electrons. The maximum absolute atomic E-state index is 3.57. The van der Waals surface area contributed by atoms with Gasteiger partial charge in [0, 0.05) is 44.0 Å². The van der Waals surface area contributed by atoms with Crippen molar-refractivity contribution >= 4 is 0 Å². The number of rotatable bonds is 1. The highest BCUT2D eigenvalue weighted by molar-refractivity contribution is 5.44. The van der Waals surface area contributed by atoms with Crippen LogP contribution >= 0.6 is 0 Å². The molecule has 3 heteroatoms. The fraction of sp³-hybridized carbons (Fsp3) is 0.625. The number of nitrogens with zero attached hydrogens (tertiary/aromatic N) is 1. The predicted octanol–water partition coefficient (Wildman–Crippen LogP) is 1.80. The van der Waals surface area contributed by atoms with Crippen molar-refractivity contribution in [3.8, 4) is 0 Å². The van der Waals surface area contributed by atoms with Crippen molar-refractivity contribution in [1.29, 1.82) is 0 Å². The summed E-state index contributed by atoms with van der Waals surface area (Å²) in [6.07, 6.45) is 9.27. The van der Waals surface area contributed by atoms with Crippen LogP contribution in [0, 0.1) is 0 Å². The largest absolute Gasteiger partial charge is 0.369 e. The molecule has 3 rings (SSSR count). The summed E-state index contributed by atoms with van der Waals surface area (Å²) in [4.78, 5) is 2.58. The molecule has 104 valence electrons. The summed E-state index contributed by atoms with van der Waals surface area (Å²) >= 11 is 0. The van der Waals surface area contributed by atoms with Gasteiger partial charge in [0.15, 0.2) is 0 Å². The molecule has 0 spiro atoms. The van der Waals surface area contributed by atoms with Crippen LogP contribution in [0.2, 0.25) is 0 Å². The molecule has 0 aromatic rings. The van der Waals surface area contributed by atoms with Crippen molar-refractivity contribution in [3.05, 3.63) is 35.1 Å². The molecular weight excluding hydrogens is 234 g/mol. The minimum atomic E-state index is 0.592. The van der Waals surface area contributed by atoms with E-state index in [1.54, 1.807) is 5.57 Å². The Kier molecular flexibility index (Phi) is 3.76. The number of hydrogen-bond acceptors (Lipinski definition) is 3. The van der Waals surface area contributed by atoms with Gasteiger partial charge in [0.25, 0.3) is 0 Å². The van der Waals surface area contributed by atoms with Gasteiger partial charge in [-0.1, -0.05) is 18.2 Å². The van der Waals surface area contributed by atoms with E-state index in [4.69, 9.17) is 0 Å². The summed E-state index contributed by atoms with van der Waals surface area (Å²) in [6.45, 7) is 8.95. The number of nitrogens with one attached hydrogen (secondary N) is 2. The summed E-state index contributed by atoms with van der Waals surface area (Å²) in [7, 11) is 0. The fourth-order valence-electron chi connectivity index (χ4n) is 3.31. The second-order valence-corrected chi connectivity index (χ2v) is 6.02. The molecule has 2 unspecified atom stereocenters. The van der Waals surface area contributed by atoms with Gasteiger partial charge < -0.3 is 15.5 Å². The highest BCUT2D eigenvalue weighted by Crippen LogP contribution is 2.30. The van der Waals surface area contributed by atoms with Gasteiger partial charge in [0.1, 0.15) is 0 Å². The normalized spacial score (nSPS) is 31.9. The second-order valence-electron chi connectivity index (χ2n) is 6.02. The Morgan fingerprint density at radius 2 is 2.11 bits per heavy atom. The first-order valence-corrected chi connectivity index (χ1v) is 7.55. The predicted molar refractivity (Wildman–Crippen MR) is 80.0 cm³/mol. The lowest BCUT2D eigenvalue weighted by Crippen LogP contribution is -2.49. The molecule has 2 heterocycles. The van der Waals surface area contributed by atoms with Crippen LogP contribution in [0.4, 0.5) is 0 Å². The van der Waals surface area contributed by atoms with E-state index in [1.807, 2.05) is 0 Å². The Hall–Kier alpha value is -1.06. The molecule has 2 N–H and O–H groups in total. The topological polar surface area (TPSA) is 27.3 Å². The monoisotopic (exact) mass is 259 g/mol. The lowest BCUT2D eigenvalue weighted by atomic mass is 9.93. The average Bonchev–Trinajstić information content (AvgIpc) is 2.60. The van der Waals surface area contributed by atoms with Crippen LogP contribution < -0.4 is 10.6 Å². The zero-order chi connectivity index (χ0) is 13.2. The van der Waals surface area contributed by atoms with Crippen molar-refractivity contribution in [3.63, 3.8) is 0 Å².